The number of carbonyl (C=O) groups excluding carboxylic acids is 1. The van der Waals surface area contributed by atoms with Crippen LogP contribution in [0.1, 0.15) is 27.7 Å². The zero-order valence-electron chi connectivity index (χ0n) is 9.28. The van der Waals surface area contributed by atoms with E-state index in [-0.39, 0.29) is 22.7 Å². The SMILES string of the molecule is C=C(Cl)CNC(=O)C1C(C)(C)C1(C)C. The lowest BCUT2D eigenvalue weighted by atomic mass is 10.0. The normalized spacial score (nSPS) is 22.9. The van der Waals surface area contributed by atoms with E-state index in [1.807, 2.05) is 0 Å². The summed E-state index contributed by atoms with van der Waals surface area (Å²) < 4.78 is 0. The van der Waals surface area contributed by atoms with Crippen LogP contribution >= 0.6 is 11.6 Å². The van der Waals surface area contributed by atoms with Crippen molar-refractivity contribution in [1.82, 2.24) is 5.32 Å². The molecule has 0 radical (unpaired) electrons. The number of amides is 1. The lowest BCUT2D eigenvalue weighted by Gasteiger charge is -2.04. The molecule has 0 heterocycles. The summed E-state index contributed by atoms with van der Waals surface area (Å²) in [4.78, 5) is 11.7. The molecule has 80 valence electrons. The highest BCUT2D eigenvalue weighted by molar-refractivity contribution is 6.29. The van der Waals surface area contributed by atoms with Crippen LogP contribution in [0.5, 0.6) is 0 Å². The van der Waals surface area contributed by atoms with Gasteiger partial charge in [0.05, 0.1) is 6.54 Å². The average molecular weight is 216 g/mol. The molecule has 0 saturated heterocycles. The van der Waals surface area contributed by atoms with Gasteiger partial charge in [-0.15, -0.1) is 0 Å². The third-order valence-corrected chi connectivity index (χ3v) is 3.87. The first-order valence-corrected chi connectivity index (χ1v) is 5.20. The molecule has 0 aromatic rings. The highest BCUT2D eigenvalue weighted by Crippen LogP contribution is 2.68. The van der Waals surface area contributed by atoms with Gasteiger partial charge in [-0.05, 0) is 10.8 Å². The minimum absolute atomic E-state index is 0.0850. The van der Waals surface area contributed by atoms with Crippen molar-refractivity contribution in [3.8, 4) is 0 Å². The fraction of sp³-hybridized carbons (Fsp3) is 0.727. The molecule has 1 fully saturated rings. The Kier molecular flexibility index (Phi) is 2.70. The van der Waals surface area contributed by atoms with Crippen molar-refractivity contribution in [3.63, 3.8) is 0 Å². The molecule has 0 aromatic heterocycles. The van der Waals surface area contributed by atoms with Crippen molar-refractivity contribution in [2.75, 3.05) is 6.54 Å². The number of rotatable bonds is 3. The molecule has 1 rings (SSSR count). The summed E-state index contributed by atoms with van der Waals surface area (Å²) in [5.74, 6) is 0.174. The Labute approximate surface area is 90.7 Å². The van der Waals surface area contributed by atoms with Gasteiger partial charge in [-0.2, -0.15) is 0 Å². The first-order valence-electron chi connectivity index (χ1n) is 4.82. The lowest BCUT2D eigenvalue weighted by molar-refractivity contribution is -0.123. The van der Waals surface area contributed by atoms with Gasteiger partial charge in [0.2, 0.25) is 5.91 Å². The van der Waals surface area contributed by atoms with Gasteiger partial charge in [-0.1, -0.05) is 45.9 Å². The molecule has 1 N–H and O–H groups in total. The monoisotopic (exact) mass is 215 g/mol. The third kappa shape index (κ3) is 1.68. The molecule has 0 unspecified atom stereocenters. The van der Waals surface area contributed by atoms with Crippen molar-refractivity contribution in [3.05, 3.63) is 11.6 Å². The van der Waals surface area contributed by atoms with Crippen LogP contribution in [0, 0.1) is 16.7 Å². The molecule has 0 bridgehead atoms. The second-order valence-corrected chi connectivity index (χ2v) is 5.65. The minimum Gasteiger partial charge on any atom is -0.351 e. The highest BCUT2D eigenvalue weighted by Gasteiger charge is 2.68. The van der Waals surface area contributed by atoms with E-state index in [2.05, 4.69) is 39.6 Å². The number of nitrogens with one attached hydrogen (secondary N) is 1. The Morgan fingerprint density at radius 3 is 2.07 bits per heavy atom. The molecular formula is C11H18ClNO. The number of hydrogen-bond donors (Lipinski definition) is 1. The smallest absolute Gasteiger partial charge is 0.224 e. The number of halogens is 1. The second kappa shape index (κ2) is 3.27. The predicted octanol–water partition coefficient (Wildman–Crippen LogP) is 2.54. The van der Waals surface area contributed by atoms with E-state index in [0.29, 0.717) is 11.6 Å². The van der Waals surface area contributed by atoms with Crippen molar-refractivity contribution < 1.29 is 4.79 Å². The highest BCUT2D eigenvalue weighted by atomic mass is 35.5. The van der Waals surface area contributed by atoms with Crippen LogP contribution in [-0.4, -0.2) is 12.5 Å². The average Bonchev–Trinajstić information content (AvgIpc) is 2.39. The van der Waals surface area contributed by atoms with Gasteiger partial charge in [0.1, 0.15) is 0 Å². The van der Waals surface area contributed by atoms with Crippen LogP contribution in [0.15, 0.2) is 11.6 Å². The third-order valence-electron chi connectivity index (χ3n) is 3.74. The van der Waals surface area contributed by atoms with Crippen LogP contribution in [0.25, 0.3) is 0 Å². The predicted molar refractivity (Wildman–Crippen MR) is 59.1 cm³/mol. The Balaban J connectivity index is 2.54. The second-order valence-electron chi connectivity index (χ2n) is 5.11. The zero-order valence-corrected chi connectivity index (χ0v) is 10.0. The van der Waals surface area contributed by atoms with E-state index in [1.54, 1.807) is 0 Å². The maximum absolute atomic E-state index is 11.7. The number of hydrogen-bond acceptors (Lipinski definition) is 1. The summed E-state index contributed by atoms with van der Waals surface area (Å²) in [6, 6.07) is 0. The van der Waals surface area contributed by atoms with Gasteiger partial charge >= 0.3 is 0 Å². The summed E-state index contributed by atoms with van der Waals surface area (Å²) >= 11 is 5.58. The molecule has 14 heavy (non-hydrogen) atoms. The molecule has 1 aliphatic rings. The summed E-state index contributed by atoms with van der Waals surface area (Å²) in [5, 5.41) is 3.25. The van der Waals surface area contributed by atoms with E-state index < -0.39 is 0 Å². The first kappa shape index (κ1) is 11.6. The van der Waals surface area contributed by atoms with Gasteiger partial charge < -0.3 is 5.32 Å². The van der Waals surface area contributed by atoms with Crippen molar-refractivity contribution in [1.29, 1.82) is 0 Å². The molecule has 0 aromatic carbocycles. The Morgan fingerprint density at radius 1 is 1.36 bits per heavy atom. The van der Waals surface area contributed by atoms with Crippen LogP contribution in [-0.2, 0) is 4.79 Å². The van der Waals surface area contributed by atoms with Crippen molar-refractivity contribution >= 4 is 17.5 Å². The molecule has 1 saturated carbocycles. The maximum atomic E-state index is 11.7. The van der Waals surface area contributed by atoms with Gasteiger partial charge in [0, 0.05) is 11.0 Å². The molecule has 0 atom stereocenters. The summed E-state index contributed by atoms with van der Waals surface area (Å²) in [5.41, 5.74) is 0.176. The van der Waals surface area contributed by atoms with Gasteiger partial charge in [-0.3, -0.25) is 4.79 Å². The Bertz CT molecular complexity index is 267. The minimum atomic E-state index is 0.0850. The summed E-state index contributed by atoms with van der Waals surface area (Å²) in [6.07, 6.45) is 0. The molecule has 2 nitrogen and oxygen atoms in total. The molecule has 1 aliphatic carbocycles. The molecule has 0 aliphatic heterocycles. The fourth-order valence-corrected chi connectivity index (χ4v) is 2.20. The number of carbonyl (C=O) groups is 1. The molecule has 3 heteroatoms. The van der Waals surface area contributed by atoms with Crippen LogP contribution in [0.3, 0.4) is 0 Å². The summed E-state index contributed by atoms with van der Waals surface area (Å²) in [6.45, 7) is 12.4. The maximum Gasteiger partial charge on any atom is 0.224 e. The topological polar surface area (TPSA) is 29.1 Å². The largest absolute Gasteiger partial charge is 0.351 e. The van der Waals surface area contributed by atoms with E-state index in [0.717, 1.165) is 0 Å². The van der Waals surface area contributed by atoms with Crippen LogP contribution in [0.2, 0.25) is 0 Å². The molecular weight excluding hydrogens is 198 g/mol. The van der Waals surface area contributed by atoms with Crippen molar-refractivity contribution in [2.24, 2.45) is 16.7 Å². The van der Waals surface area contributed by atoms with Crippen LogP contribution < -0.4 is 5.32 Å². The van der Waals surface area contributed by atoms with E-state index in [1.165, 1.54) is 0 Å². The first-order chi connectivity index (χ1) is 6.21. The summed E-state index contributed by atoms with van der Waals surface area (Å²) in [7, 11) is 0. The lowest BCUT2D eigenvalue weighted by Crippen LogP contribution is -2.28. The van der Waals surface area contributed by atoms with Gasteiger partial charge in [0.25, 0.3) is 0 Å². The Morgan fingerprint density at radius 2 is 1.79 bits per heavy atom. The van der Waals surface area contributed by atoms with Crippen molar-refractivity contribution in [2.45, 2.75) is 27.7 Å². The van der Waals surface area contributed by atoms with E-state index in [4.69, 9.17) is 11.6 Å². The van der Waals surface area contributed by atoms with Gasteiger partial charge in [-0.25, -0.2) is 0 Å². The zero-order chi connectivity index (χ0) is 11.1. The standard InChI is InChI=1S/C11H18ClNO/c1-7(12)6-13-9(14)8-10(2,3)11(8,4)5/h8H,1,6H2,2-5H3,(H,13,14). The quantitative estimate of drug-likeness (QED) is 0.770. The van der Waals surface area contributed by atoms with E-state index >= 15 is 0 Å². The van der Waals surface area contributed by atoms with Crippen LogP contribution in [0.4, 0.5) is 0 Å². The fourth-order valence-electron chi connectivity index (χ4n) is 2.14. The Hall–Kier alpha value is -0.500. The molecule has 1 amide bonds. The van der Waals surface area contributed by atoms with Gasteiger partial charge in [0.15, 0.2) is 0 Å². The molecule has 0 spiro atoms. The van der Waals surface area contributed by atoms with E-state index in [9.17, 15) is 4.79 Å².